The fourth-order valence-electron chi connectivity index (χ4n) is 2.57. The first kappa shape index (κ1) is 9.70. The molecule has 16 heavy (non-hydrogen) atoms. The molecule has 0 unspecified atom stereocenters. The van der Waals surface area contributed by atoms with Gasteiger partial charge in [0.1, 0.15) is 0 Å². The van der Waals surface area contributed by atoms with Crippen molar-refractivity contribution in [3.05, 3.63) is 23.9 Å². The van der Waals surface area contributed by atoms with Crippen LogP contribution in [-0.2, 0) is 7.05 Å². The lowest BCUT2D eigenvalue weighted by Gasteiger charge is -2.18. The van der Waals surface area contributed by atoms with E-state index < -0.39 is 0 Å². The van der Waals surface area contributed by atoms with Gasteiger partial charge in [-0.2, -0.15) is 5.10 Å². The van der Waals surface area contributed by atoms with E-state index in [0.29, 0.717) is 0 Å². The maximum Gasteiger partial charge on any atom is 0.0973 e. The molecule has 0 radical (unpaired) electrons. The van der Waals surface area contributed by atoms with Crippen molar-refractivity contribution >= 4 is 16.6 Å². The van der Waals surface area contributed by atoms with Crippen LogP contribution in [0.3, 0.4) is 0 Å². The monoisotopic (exact) mass is 215 g/mol. The highest BCUT2D eigenvalue weighted by Crippen LogP contribution is 2.30. The van der Waals surface area contributed by atoms with Crippen molar-refractivity contribution in [3.63, 3.8) is 0 Å². The zero-order chi connectivity index (χ0) is 11.1. The standard InChI is InChI=1S/C13H17N3/c1-10-5-6-12(16-7-3-4-8-16)11-9-15(2)14-13(10)11/h5-6,9H,3-4,7-8H2,1-2H3. The lowest BCUT2D eigenvalue weighted by molar-refractivity contribution is 0.779. The van der Waals surface area contributed by atoms with Crippen LogP contribution in [0.2, 0.25) is 0 Å². The Morgan fingerprint density at radius 2 is 1.94 bits per heavy atom. The molecule has 0 bridgehead atoms. The van der Waals surface area contributed by atoms with Gasteiger partial charge in [0.05, 0.1) is 5.52 Å². The highest BCUT2D eigenvalue weighted by Gasteiger charge is 2.16. The van der Waals surface area contributed by atoms with Crippen molar-refractivity contribution in [2.24, 2.45) is 7.05 Å². The quantitative estimate of drug-likeness (QED) is 0.728. The minimum absolute atomic E-state index is 1.15. The molecule has 0 aliphatic carbocycles. The van der Waals surface area contributed by atoms with Gasteiger partial charge >= 0.3 is 0 Å². The van der Waals surface area contributed by atoms with E-state index in [9.17, 15) is 0 Å². The normalized spacial score (nSPS) is 16.2. The molecule has 84 valence electrons. The van der Waals surface area contributed by atoms with Gasteiger partial charge in [-0.25, -0.2) is 0 Å². The van der Waals surface area contributed by atoms with E-state index >= 15 is 0 Å². The molecule has 1 aliphatic rings. The third-order valence-electron chi connectivity index (χ3n) is 3.42. The predicted molar refractivity (Wildman–Crippen MR) is 66.9 cm³/mol. The number of aryl methyl sites for hydroxylation is 2. The molecule has 1 aliphatic heterocycles. The number of rotatable bonds is 1. The average molecular weight is 215 g/mol. The number of aromatic nitrogens is 2. The molecule has 3 rings (SSSR count). The van der Waals surface area contributed by atoms with Crippen molar-refractivity contribution in [3.8, 4) is 0 Å². The van der Waals surface area contributed by atoms with Gasteiger partial charge in [-0.3, -0.25) is 4.68 Å². The summed E-state index contributed by atoms with van der Waals surface area (Å²) in [5.41, 5.74) is 3.76. The Labute approximate surface area is 95.7 Å². The van der Waals surface area contributed by atoms with Crippen molar-refractivity contribution in [1.82, 2.24) is 9.78 Å². The largest absolute Gasteiger partial charge is 0.371 e. The molecule has 1 aromatic heterocycles. The Morgan fingerprint density at radius 1 is 1.19 bits per heavy atom. The van der Waals surface area contributed by atoms with Crippen LogP contribution in [0.25, 0.3) is 10.9 Å². The Hall–Kier alpha value is -1.51. The summed E-state index contributed by atoms with van der Waals surface area (Å²) in [5.74, 6) is 0. The third kappa shape index (κ3) is 1.39. The number of hydrogen-bond acceptors (Lipinski definition) is 2. The van der Waals surface area contributed by atoms with Crippen molar-refractivity contribution in [1.29, 1.82) is 0 Å². The van der Waals surface area contributed by atoms with E-state index in [2.05, 4.69) is 35.3 Å². The second kappa shape index (κ2) is 3.51. The molecule has 0 saturated carbocycles. The van der Waals surface area contributed by atoms with Gasteiger partial charge in [0.2, 0.25) is 0 Å². The van der Waals surface area contributed by atoms with Crippen molar-refractivity contribution in [2.45, 2.75) is 19.8 Å². The molecule has 0 spiro atoms. The molecular formula is C13H17N3. The summed E-state index contributed by atoms with van der Waals surface area (Å²) in [5, 5.41) is 5.83. The zero-order valence-corrected chi connectivity index (χ0v) is 9.90. The number of nitrogens with zero attached hydrogens (tertiary/aromatic N) is 3. The molecule has 3 nitrogen and oxygen atoms in total. The smallest absolute Gasteiger partial charge is 0.0973 e. The molecule has 1 aromatic carbocycles. The summed E-state index contributed by atoms with van der Waals surface area (Å²) < 4.78 is 1.91. The minimum Gasteiger partial charge on any atom is -0.371 e. The van der Waals surface area contributed by atoms with Gasteiger partial charge in [0.25, 0.3) is 0 Å². The molecular weight excluding hydrogens is 198 g/mol. The SMILES string of the molecule is Cc1ccc(N2CCCC2)c2cn(C)nc12. The Balaban J connectivity index is 2.20. The van der Waals surface area contributed by atoms with Gasteiger partial charge in [0, 0.05) is 37.4 Å². The van der Waals surface area contributed by atoms with Crippen LogP contribution in [0.5, 0.6) is 0 Å². The Morgan fingerprint density at radius 3 is 2.69 bits per heavy atom. The van der Waals surface area contributed by atoms with Gasteiger partial charge in [-0.1, -0.05) is 6.07 Å². The van der Waals surface area contributed by atoms with Crippen LogP contribution >= 0.6 is 0 Å². The van der Waals surface area contributed by atoms with Crippen LogP contribution in [0, 0.1) is 6.92 Å². The summed E-state index contributed by atoms with van der Waals surface area (Å²) in [6.45, 7) is 4.50. The van der Waals surface area contributed by atoms with Crippen LogP contribution in [-0.4, -0.2) is 22.9 Å². The van der Waals surface area contributed by atoms with E-state index in [4.69, 9.17) is 0 Å². The van der Waals surface area contributed by atoms with Gasteiger partial charge < -0.3 is 4.90 Å². The number of anilines is 1. The molecule has 0 N–H and O–H groups in total. The lowest BCUT2D eigenvalue weighted by Crippen LogP contribution is -2.17. The predicted octanol–water partition coefficient (Wildman–Crippen LogP) is 2.48. The molecule has 2 aromatic rings. The lowest BCUT2D eigenvalue weighted by atomic mass is 10.1. The summed E-state index contributed by atoms with van der Waals surface area (Å²) in [4.78, 5) is 2.48. The second-order valence-corrected chi connectivity index (χ2v) is 4.66. The first-order chi connectivity index (χ1) is 7.75. The summed E-state index contributed by atoms with van der Waals surface area (Å²) >= 11 is 0. The maximum absolute atomic E-state index is 4.53. The molecule has 2 heterocycles. The van der Waals surface area contributed by atoms with Gasteiger partial charge in [-0.05, 0) is 31.4 Å². The van der Waals surface area contributed by atoms with Crippen LogP contribution in [0.1, 0.15) is 18.4 Å². The van der Waals surface area contributed by atoms with Crippen molar-refractivity contribution in [2.75, 3.05) is 18.0 Å². The zero-order valence-electron chi connectivity index (χ0n) is 9.90. The molecule has 1 fully saturated rings. The minimum atomic E-state index is 1.15. The molecule has 0 amide bonds. The fourth-order valence-corrected chi connectivity index (χ4v) is 2.57. The summed E-state index contributed by atoms with van der Waals surface area (Å²) in [6.07, 6.45) is 4.77. The Kier molecular flexibility index (Phi) is 2.13. The van der Waals surface area contributed by atoms with Crippen molar-refractivity contribution < 1.29 is 0 Å². The first-order valence-electron chi connectivity index (χ1n) is 5.93. The number of benzene rings is 1. The second-order valence-electron chi connectivity index (χ2n) is 4.66. The third-order valence-corrected chi connectivity index (χ3v) is 3.42. The van der Waals surface area contributed by atoms with E-state index in [-0.39, 0.29) is 0 Å². The van der Waals surface area contributed by atoms with E-state index in [1.165, 1.54) is 42.6 Å². The maximum atomic E-state index is 4.53. The molecule has 3 heteroatoms. The highest BCUT2D eigenvalue weighted by atomic mass is 15.3. The molecule has 0 atom stereocenters. The topological polar surface area (TPSA) is 21.1 Å². The van der Waals surface area contributed by atoms with Crippen LogP contribution in [0.15, 0.2) is 18.3 Å². The average Bonchev–Trinajstić information content (AvgIpc) is 2.87. The first-order valence-corrected chi connectivity index (χ1v) is 5.93. The number of hydrogen-bond donors (Lipinski definition) is 0. The van der Waals surface area contributed by atoms with E-state index in [0.717, 1.165) is 5.52 Å². The van der Waals surface area contributed by atoms with E-state index in [1.54, 1.807) is 0 Å². The van der Waals surface area contributed by atoms with Crippen LogP contribution < -0.4 is 4.90 Å². The van der Waals surface area contributed by atoms with Gasteiger partial charge in [0.15, 0.2) is 0 Å². The Bertz CT molecular complexity index is 521. The highest BCUT2D eigenvalue weighted by molar-refractivity contribution is 5.93. The van der Waals surface area contributed by atoms with Gasteiger partial charge in [-0.15, -0.1) is 0 Å². The molecule has 1 saturated heterocycles. The summed E-state index contributed by atoms with van der Waals surface area (Å²) in [7, 11) is 1.99. The van der Waals surface area contributed by atoms with E-state index in [1.807, 2.05) is 11.7 Å². The fraction of sp³-hybridized carbons (Fsp3) is 0.462. The number of fused-ring (bicyclic) bond motifs is 1. The summed E-state index contributed by atoms with van der Waals surface area (Å²) in [6, 6.07) is 4.42. The van der Waals surface area contributed by atoms with Crippen LogP contribution in [0.4, 0.5) is 5.69 Å².